The summed E-state index contributed by atoms with van der Waals surface area (Å²) in [5.41, 5.74) is -0.303. The average Bonchev–Trinajstić information content (AvgIpc) is 3.51. The highest BCUT2D eigenvalue weighted by molar-refractivity contribution is 6.23. The van der Waals surface area contributed by atoms with Gasteiger partial charge in [0.25, 0.3) is 11.7 Å². The number of benzene rings is 2. The quantitative estimate of drug-likeness (QED) is 0.0300. The number of ketones is 1. The summed E-state index contributed by atoms with van der Waals surface area (Å²) in [4.78, 5) is 40.8. The zero-order valence-corrected chi connectivity index (χ0v) is 38.7. The minimum Gasteiger partial charge on any atom is -0.507 e. The molecule has 3 heterocycles. The summed E-state index contributed by atoms with van der Waals surface area (Å²) in [5, 5.41) is 67.7. The summed E-state index contributed by atoms with van der Waals surface area (Å²) in [5.74, 6) is -8.30. The minimum absolute atomic E-state index is 0.0611. The molecule has 2 aromatic rings. The minimum atomic E-state index is -2.05. The number of anilines is 1. The number of phenols is 3. The maximum absolute atomic E-state index is 14.6. The summed E-state index contributed by atoms with van der Waals surface area (Å²) < 4.78 is 23.7. The molecule has 0 aliphatic carbocycles. The Bertz CT molecular complexity index is 2090. The van der Waals surface area contributed by atoms with Crippen molar-refractivity contribution in [1.82, 2.24) is 5.01 Å². The summed E-state index contributed by atoms with van der Waals surface area (Å²) in [6.07, 6.45) is 10.6. The highest BCUT2D eigenvalue weighted by Crippen LogP contribution is 2.55. The molecule has 15 nitrogen and oxygen atoms in total. The predicted molar refractivity (Wildman–Crippen MR) is 242 cm³/mol. The van der Waals surface area contributed by atoms with Crippen LogP contribution in [0.3, 0.4) is 0 Å². The third-order valence-corrected chi connectivity index (χ3v) is 12.4. The molecule has 0 saturated carbocycles. The number of unbranched alkanes of at least 4 members (excludes halogenated alkanes) is 4. The van der Waals surface area contributed by atoms with Crippen LogP contribution >= 0.6 is 0 Å². The van der Waals surface area contributed by atoms with Crippen molar-refractivity contribution in [3.05, 3.63) is 52.8 Å². The van der Waals surface area contributed by atoms with Crippen molar-refractivity contribution in [2.75, 3.05) is 25.5 Å². The van der Waals surface area contributed by atoms with Crippen LogP contribution in [0.15, 0.2) is 41.2 Å². The molecule has 3 aliphatic heterocycles. The number of Topliss-reactive ketones (excluding diaryl/α,β-unsaturated/α-hetero) is 1. The molecule has 348 valence electrons. The van der Waals surface area contributed by atoms with E-state index >= 15 is 0 Å². The fourth-order valence-corrected chi connectivity index (χ4v) is 8.33. The van der Waals surface area contributed by atoms with E-state index in [0.717, 1.165) is 38.5 Å². The smallest absolute Gasteiger partial charge is 0.312 e. The van der Waals surface area contributed by atoms with E-state index in [1.54, 1.807) is 39.8 Å². The second-order valence-electron chi connectivity index (χ2n) is 17.2. The van der Waals surface area contributed by atoms with Crippen molar-refractivity contribution in [2.24, 2.45) is 28.8 Å². The Labute approximate surface area is 371 Å². The Morgan fingerprint density at radius 2 is 1.54 bits per heavy atom. The second-order valence-corrected chi connectivity index (χ2v) is 17.2. The SMILES string of the molecule is CCCCCN(CCCCC)N=Cc1c2c(O)c3c(O)c(C)c4c(c3c1O)C(=O)C(C)(OC=CC(OC)C(C)C(OC(C)=O)C(C)C(O)C(C)C(O)C(C)C=CC=C(C)C(=O)N2)O4. The van der Waals surface area contributed by atoms with Gasteiger partial charge >= 0.3 is 11.8 Å². The number of hydrazone groups is 1. The van der Waals surface area contributed by atoms with Gasteiger partial charge < -0.3 is 49.8 Å². The highest BCUT2D eigenvalue weighted by Gasteiger charge is 2.50. The largest absolute Gasteiger partial charge is 0.507 e. The number of ether oxygens (including phenoxy) is 4. The van der Waals surface area contributed by atoms with Crippen molar-refractivity contribution in [1.29, 1.82) is 0 Å². The van der Waals surface area contributed by atoms with Gasteiger partial charge in [0.15, 0.2) is 5.75 Å². The van der Waals surface area contributed by atoms with E-state index in [-0.39, 0.29) is 44.5 Å². The van der Waals surface area contributed by atoms with Gasteiger partial charge in [0, 0.05) is 74.2 Å². The van der Waals surface area contributed by atoms with Crippen LogP contribution in [0.5, 0.6) is 23.0 Å². The van der Waals surface area contributed by atoms with E-state index in [2.05, 4.69) is 19.2 Å². The van der Waals surface area contributed by atoms with E-state index in [1.165, 1.54) is 59.4 Å². The number of fused-ring (bicyclic) bond motifs is 14. The lowest BCUT2D eigenvalue weighted by molar-refractivity contribution is -0.160. The molecule has 15 heteroatoms. The number of aromatic hydroxyl groups is 3. The molecule has 0 spiro atoms. The zero-order chi connectivity index (χ0) is 46.9. The molecule has 9 unspecified atom stereocenters. The molecule has 5 rings (SSSR count). The molecule has 63 heavy (non-hydrogen) atoms. The van der Waals surface area contributed by atoms with Crippen molar-refractivity contribution >= 4 is 40.3 Å². The van der Waals surface area contributed by atoms with Crippen LogP contribution in [0.1, 0.15) is 122 Å². The summed E-state index contributed by atoms with van der Waals surface area (Å²) in [6.45, 7) is 18.0. The van der Waals surface area contributed by atoms with Crippen LogP contribution in [0.25, 0.3) is 10.8 Å². The number of aliphatic hydroxyl groups is 2. The van der Waals surface area contributed by atoms with Crippen LogP contribution < -0.4 is 10.1 Å². The number of hydrogen-bond donors (Lipinski definition) is 6. The van der Waals surface area contributed by atoms with Crippen LogP contribution in [0, 0.1) is 30.6 Å². The predicted octanol–water partition coefficient (Wildman–Crippen LogP) is 7.77. The van der Waals surface area contributed by atoms with Crippen molar-refractivity contribution < 1.29 is 58.9 Å². The molecule has 9 atom stereocenters. The van der Waals surface area contributed by atoms with Crippen molar-refractivity contribution in [3.63, 3.8) is 0 Å². The number of amides is 1. The number of phenolic OH excluding ortho intramolecular Hbond substituents is 3. The number of methoxy groups -OCH3 is 1. The fourth-order valence-electron chi connectivity index (χ4n) is 8.33. The molecule has 2 aromatic carbocycles. The Morgan fingerprint density at radius 3 is 2.13 bits per heavy atom. The van der Waals surface area contributed by atoms with Crippen LogP contribution in [0.4, 0.5) is 5.69 Å². The molecule has 6 N–H and O–H groups in total. The number of aliphatic hydroxyl groups excluding tert-OH is 2. The molecular formula is C48H69N3O12. The molecule has 0 fully saturated rings. The van der Waals surface area contributed by atoms with Crippen LogP contribution in [-0.4, -0.2) is 105 Å². The maximum Gasteiger partial charge on any atom is 0.312 e. The first-order valence-corrected chi connectivity index (χ1v) is 22.1. The summed E-state index contributed by atoms with van der Waals surface area (Å²) >= 11 is 0. The first kappa shape index (κ1) is 50.5. The summed E-state index contributed by atoms with van der Waals surface area (Å²) in [6, 6.07) is 0. The molecular weight excluding hydrogens is 811 g/mol. The molecule has 0 radical (unpaired) electrons. The highest BCUT2D eigenvalue weighted by atomic mass is 16.7. The monoisotopic (exact) mass is 879 g/mol. The number of nitrogens with zero attached hydrogens (tertiary/aromatic N) is 2. The third kappa shape index (κ3) is 11.2. The van der Waals surface area contributed by atoms with E-state index in [4.69, 9.17) is 24.0 Å². The fraction of sp³-hybridized carbons (Fsp3) is 0.583. The Morgan fingerprint density at radius 1 is 0.905 bits per heavy atom. The maximum atomic E-state index is 14.6. The Balaban J connectivity index is 1.99. The lowest BCUT2D eigenvalue weighted by Crippen LogP contribution is -2.46. The number of carbonyl (C=O) groups excluding carboxylic acids is 3. The van der Waals surface area contributed by atoms with Gasteiger partial charge in [-0.15, -0.1) is 0 Å². The molecule has 3 aliphatic rings. The van der Waals surface area contributed by atoms with E-state index in [1.807, 2.05) is 5.01 Å². The van der Waals surface area contributed by atoms with Gasteiger partial charge in [0.05, 0.1) is 53.0 Å². The average molecular weight is 880 g/mol. The van der Waals surface area contributed by atoms with E-state index < -0.39 is 88.8 Å². The number of allylic oxidation sites excluding steroid dienone is 2. The van der Waals surface area contributed by atoms with Gasteiger partial charge in [-0.2, -0.15) is 5.10 Å². The first-order chi connectivity index (χ1) is 29.8. The van der Waals surface area contributed by atoms with Gasteiger partial charge in [-0.05, 0) is 32.8 Å². The molecule has 1 amide bonds. The van der Waals surface area contributed by atoms with Crippen LogP contribution in [-0.2, 0) is 23.8 Å². The molecule has 0 aromatic heterocycles. The lowest BCUT2D eigenvalue weighted by Gasteiger charge is -2.38. The number of hydrogen-bond acceptors (Lipinski definition) is 14. The van der Waals surface area contributed by atoms with Crippen LogP contribution in [0.2, 0.25) is 0 Å². The van der Waals surface area contributed by atoms with Gasteiger partial charge in [0.1, 0.15) is 23.4 Å². The lowest BCUT2D eigenvalue weighted by atomic mass is 9.78. The number of nitrogens with one attached hydrogen (secondary N) is 1. The second kappa shape index (κ2) is 22.0. The normalized spacial score (nSPS) is 27.1. The Hall–Kier alpha value is -5.12. The summed E-state index contributed by atoms with van der Waals surface area (Å²) in [7, 11) is 1.44. The van der Waals surface area contributed by atoms with Gasteiger partial charge in [0.2, 0.25) is 0 Å². The first-order valence-electron chi connectivity index (χ1n) is 22.1. The van der Waals surface area contributed by atoms with E-state index in [9.17, 15) is 39.9 Å². The van der Waals surface area contributed by atoms with Crippen molar-refractivity contribution in [3.8, 4) is 23.0 Å². The van der Waals surface area contributed by atoms with Gasteiger partial charge in [-0.1, -0.05) is 85.5 Å². The molecule has 5 bridgehead atoms. The number of rotatable bonds is 12. The standard InChI is InChI=1S/C48H69N3O12/c1-12-14-16-22-51(23-17-15-13-2)49-25-33-38-43(57)36-35(42(33)56)37-45(31(8)41(36)55)63-48(10,46(37)58)61-24-21-34(60-11)28(5)44(62-32(9)52)30(7)40(54)29(6)39(53)26(3)19-18-20-27(4)47(59)50-38/h18-21,24-26,28-30,34,39-40,44,53-57H,12-17,22-23H2,1-11H3,(H,50,59). The third-order valence-electron chi connectivity index (χ3n) is 12.4. The zero-order valence-electron chi connectivity index (χ0n) is 38.7. The van der Waals surface area contributed by atoms with Gasteiger partial charge in [-0.3, -0.25) is 19.4 Å². The number of esters is 1. The Kier molecular flexibility index (Phi) is 17.6. The number of carbonyl (C=O) groups is 3. The topological polar surface area (TPSA) is 217 Å². The van der Waals surface area contributed by atoms with E-state index in [0.29, 0.717) is 13.1 Å². The van der Waals surface area contributed by atoms with Crippen molar-refractivity contribution in [2.45, 2.75) is 138 Å². The molecule has 0 saturated heterocycles. The van der Waals surface area contributed by atoms with Gasteiger partial charge in [-0.25, -0.2) is 0 Å².